The SMILES string of the molecule is CCCCCCNS. The minimum Gasteiger partial charge on any atom is -0.267 e. The maximum absolute atomic E-state index is 3.87. The van der Waals surface area contributed by atoms with Crippen molar-refractivity contribution in [1.29, 1.82) is 0 Å². The van der Waals surface area contributed by atoms with Crippen LogP contribution in [0.3, 0.4) is 0 Å². The van der Waals surface area contributed by atoms with Crippen LogP contribution < -0.4 is 4.72 Å². The molecule has 2 heteroatoms. The molecule has 0 aliphatic carbocycles. The number of rotatable bonds is 5. The van der Waals surface area contributed by atoms with Crippen molar-refractivity contribution >= 4 is 12.8 Å². The van der Waals surface area contributed by atoms with Crippen LogP contribution in [0.4, 0.5) is 0 Å². The van der Waals surface area contributed by atoms with E-state index in [0.29, 0.717) is 0 Å². The molecule has 1 N–H and O–H groups in total. The monoisotopic (exact) mass is 133 g/mol. The number of nitrogens with one attached hydrogen (secondary N) is 1. The van der Waals surface area contributed by atoms with E-state index in [1.165, 1.54) is 25.7 Å². The molecule has 0 saturated heterocycles. The van der Waals surface area contributed by atoms with Gasteiger partial charge in [-0.05, 0) is 6.42 Å². The van der Waals surface area contributed by atoms with Crippen molar-refractivity contribution in [3.05, 3.63) is 0 Å². The summed E-state index contributed by atoms with van der Waals surface area (Å²) < 4.78 is 2.82. The van der Waals surface area contributed by atoms with E-state index in [4.69, 9.17) is 0 Å². The molecule has 0 aromatic carbocycles. The van der Waals surface area contributed by atoms with Gasteiger partial charge in [-0.1, -0.05) is 39.0 Å². The second-order valence-corrected chi connectivity index (χ2v) is 2.29. The molecule has 1 nitrogen and oxygen atoms in total. The molecule has 0 atom stereocenters. The van der Waals surface area contributed by atoms with Crippen LogP contribution in [-0.4, -0.2) is 6.54 Å². The molecular weight excluding hydrogens is 118 g/mol. The van der Waals surface area contributed by atoms with Crippen LogP contribution in [0.1, 0.15) is 32.6 Å². The summed E-state index contributed by atoms with van der Waals surface area (Å²) >= 11 is 3.87. The Morgan fingerprint density at radius 3 is 2.50 bits per heavy atom. The molecule has 0 bridgehead atoms. The molecule has 0 aliphatic rings. The molecule has 0 radical (unpaired) electrons. The van der Waals surface area contributed by atoms with E-state index >= 15 is 0 Å². The van der Waals surface area contributed by atoms with E-state index in [0.717, 1.165) is 6.54 Å². The second kappa shape index (κ2) is 7.31. The van der Waals surface area contributed by atoms with Gasteiger partial charge in [0, 0.05) is 6.54 Å². The highest BCUT2D eigenvalue weighted by Crippen LogP contribution is 1.96. The summed E-state index contributed by atoms with van der Waals surface area (Å²) in [5.41, 5.74) is 0. The minimum absolute atomic E-state index is 1.04. The van der Waals surface area contributed by atoms with Gasteiger partial charge in [-0.25, -0.2) is 0 Å². The topological polar surface area (TPSA) is 12.0 Å². The van der Waals surface area contributed by atoms with E-state index in [-0.39, 0.29) is 0 Å². The third kappa shape index (κ3) is 6.31. The molecule has 0 saturated carbocycles. The number of hydrogen-bond acceptors (Lipinski definition) is 2. The number of thiol groups is 1. The van der Waals surface area contributed by atoms with Gasteiger partial charge in [0.2, 0.25) is 0 Å². The van der Waals surface area contributed by atoms with Gasteiger partial charge in [0.1, 0.15) is 0 Å². The third-order valence-electron chi connectivity index (χ3n) is 1.14. The lowest BCUT2D eigenvalue weighted by Gasteiger charge is -1.94. The van der Waals surface area contributed by atoms with Crippen molar-refractivity contribution < 1.29 is 0 Å². The second-order valence-electron chi connectivity index (χ2n) is 1.97. The molecule has 0 aromatic rings. The quantitative estimate of drug-likeness (QED) is 0.432. The van der Waals surface area contributed by atoms with Gasteiger partial charge in [-0.2, -0.15) is 0 Å². The zero-order chi connectivity index (χ0) is 6.24. The van der Waals surface area contributed by atoms with Crippen LogP contribution in [-0.2, 0) is 0 Å². The van der Waals surface area contributed by atoms with E-state index < -0.39 is 0 Å². The lowest BCUT2D eigenvalue weighted by atomic mass is 10.2. The lowest BCUT2D eigenvalue weighted by molar-refractivity contribution is 0.663. The van der Waals surface area contributed by atoms with Gasteiger partial charge in [0.25, 0.3) is 0 Å². The summed E-state index contributed by atoms with van der Waals surface area (Å²) in [5, 5.41) is 0. The van der Waals surface area contributed by atoms with Crippen molar-refractivity contribution in [2.45, 2.75) is 32.6 Å². The standard InChI is InChI=1S/C6H15NS/c1-2-3-4-5-6-7-8/h7-8H,2-6H2,1H3. The van der Waals surface area contributed by atoms with Gasteiger partial charge in [-0.3, -0.25) is 4.72 Å². The van der Waals surface area contributed by atoms with Crippen LogP contribution >= 0.6 is 12.8 Å². The van der Waals surface area contributed by atoms with Crippen molar-refractivity contribution in [2.24, 2.45) is 0 Å². The normalized spacial score (nSPS) is 9.75. The largest absolute Gasteiger partial charge is 0.267 e. The van der Waals surface area contributed by atoms with Crippen LogP contribution in [0.15, 0.2) is 0 Å². The predicted octanol–water partition coefficient (Wildman–Crippen LogP) is 2.00. The van der Waals surface area contributed by atoms with Gasteiger partial charge in [0.15, 0.2) is 0 Å². The highest BCUT2D eigenvalue weighted by atomic mass is 32.1. The van der Waals surface area contributed by atoms with E-state index in [1.54, 1.807) is 0 Å². The molecule has 0 amide bonds. The molecule has 0 heterocycles. The Bertz CT molecular complexity index is 33.5. The molecule has 0 spiro atoms. The first kappa shape index (κ1) is 8.31. The molecule has 8 heavy (non-hydrogen) atoms. The maximum atomic E-state index is 3.87. The number of hydrogen-bond donors (Lipinski definition) is 2. The summed E-state index contributed by atoms with van der Waals surface area (Å²) in [7, 11) is 0. The Morgan fingerprint density at radius 2 is 2.00 bits per heavy atom. The average molecular weight is 133 g/mol. The zero-order valence-electron chi connectivity index (χ0n) is 5.48. The molecule has 0 aliphatic heterocycles. The van der Waals surface area contributed by atoms with Gasteiger partial charge in [-0.15, -0.1) is 0 Å². The Hall–Kier alpha value is 0.310. The fraction of sp³-hybridized carbons (Fsp3) is 1.00. The third-order valence-corrected chi connectivity index (χ3v) is 1.37. The highest BCUT2D eigenvalue weighted by molar-refractivity contribution is 7.78. The number of unbranched alkanes of at least 4 members (excludes halogenated alkanes) is 3. The van der Waals surface area contributed by atoms with Crippen molar-refractivity contribution in [3.8, 4) is 0 Å². The van der Waals surface area contributed by atoms with E-state index in [2.05, 4.69) is 24.5 Å². The molecule has 0 unspecified atom stereocenters. The summed E-state index contributed by atoms with van der Waals surface area (Å²) in [6, 6.07) is 0. The Kier molecular flexibility index (Phi) is 7.59. The predicted molar refractivity (Wildman–Crippen MR) is 41.1 cm³/mol. The van der Waals surface area contributed by atoms with Gasteiger partial charge < -0.3 is 0 Å². The molecule has 50 valence electrons. The lowest BCUT2D eigenvalue weighted by Crippen LogP contribution is -1.99. The van der Waals surface area contributed by atoms with Crippen molar-refractivity contribution in [2.75, 3.05) is 6.54 Å². The molecule has 0 fully saturated rings. The molecule has 0 aromatic heterocycles. The molecular formula is C6H15NS. The van der Waals surface area contributed by atoms with Crippen LogP contribution in [0, 0.1) is 0 Å². The maximum Gasteiger partial charge on any atom is 0.00561 e. The summed E-state index contributed by atoms with van der Waals surface area (Å²) in [4.78, 5) is 0. The van der Waals surface area contributed by atoms with Gasteiger partial charge >= 0.3 is 0 Å². The van der Waals surface area contributed by atoms with Crippen LogP contribution in [0.5, 0.6) is 0 Å². The Morgan fingerprint density at radius 1 is 1.25 bits per heavy atom. The smallest absolute Gasteiger partial charge is 0.00561 e. The van der Waals surface area contributed by atoms with Crippen LogP contribution in [0.2, 0.25) is 0 Å². The van der Waals surface area contributed by atoms with Crippen molar-refractivity contribution in [1.82, 2.24) is 4.72 Å². The highest BCUT2D eigenvalue weighted by Gasteiger charge is 1.82. The fourth-order valence-corrected chi connectivity index (χ4v) is 0.789. The van der Waals surface area contributed by atoms with Crippen molar-refractivity contribution in [3.63, 3.8) is 0 Å². The fourth-order valence-electron chi connectivity index (χ4n) is 0.631. The molecule has 0 rings (SSSR count). The zero-order valence-corrected chi connectivity index (χ0v) is 6.38. The summed E-state index contributed by atoms with van der Waals surface area (Å²) in [6.45, 7) is 3.26. The Labute approximate surface area is 57.4 Å². The first-order chi connectivity index (χ1) is 3.91. The summed E-state index contributed by atoms with van der Waals surface area (Å²) in [6.07, 6.45) is 5.27. The first-order valence-corrected chi connectivity index (χ1v) is 3.73. The van der Waals surface area contributed by atoms with Crippen LogP contribution in [0.25, 0.3) is 0 Å². The Balaban J connectivity index is 2.53. The van der Waals surface area contributed by atoms with Gasteiger partial charge in [0.05, 0.1) is 0 Å². The minimum atomic E-state index is 1.04. The van der Waals surface area contributed by atoms with E-state index in [9.17, 15) is 0 Å². The average Bonchev–Trinajstić information content (AvgIpc) is 1.81. The summed E-state index contributed by atoms with van der Waals surface area (Å²) in [5.74, 6) is 0. The van der Waals surface area contributed by atoms with E-state index in [1.807, 2.05) is 0 Å². The first-order valence-electron chi connectivity index (χ1n) is 3.28.